The van der Waals surface area contributed by atoms with Gasteiger partial charge in [-0.05, 0) is 48.7 Å². The van der Waals surface area contributed by atoms with Gasteiger partial charge in [0.1, 0.15) is 11.6 Å². The first-order valence-corrected chi connectivity index (χ1v) is 7.70. The SMILES string of the molecule is CCC(Nc1c(C)cc(Br)cc1OC)c1cccc(F)c1. The Hall–Kier alpha value is -1.55. The predicted octanol–water partition coefficient (Wildman–Crippen LogP) is 5.47. The molecule has 0 heterocycles. The summed E-state index contributed by atoms with van der Waals surface area (Å²) in [7, 11) is 1.65. The van der Waals surface area contributed by atoms with Gasteiger partial charge in [0.15, 0.2) is 0 Å². The number of methoxy groups -OCH3 is 1. The van der Waals surface area contributed by atoms with E-state index in [1.807, 2.05) is 25.1 Å². The minimum Gasteiger partial charge on any atom is -0.495 e. The van der Waals surface area contributed by atoms with Crippen LogP contribution in [0, 0.1) is 12.7 Å². The molecular formula is C17H19BrFNO. The molecule has 2 rings (SSSR count). The van der Waals surface area contributed by atoms with Crippen LogP contribution in [0.5, 0.6) is 5.75 Å². The van der Waals surface area contributed by atoms with E-state index in [0.717, 1.165) is 33.5 Å². The van der Waals surface area contributed by atoms with Gasteiger partial charge in [0.2, 0.25) is 0 Å². The summed E-state index contributed by atoms with van der Waals surface area (Å²) in [4.78, 5) is 0. The molecule has 0 saturated heterocycles. The molecule has 0 spiro atoms. The second-order valence-electron chi connectivity index (χ2n) is 4.96. The highest BCUT2D eigenvalue weighted by atomic mass is 79.9. The van der Waals surface area contributed by atoms with Gasteiger partial charge in [-0.2, -0.15) is 0 Å². The van der Waals surface area contributed by atoms with Crippen LogP contribution in [0.25, 0.3) is 0 Å². The summed E-state index contributed by atoms with van der Waals surface area (Å²) >= 11 is 3.47. The van der Waals surface area contributed by atoms with Crippen molar-refractivity contribution in [2.45, 2.75) is 26.3 Å². The molecule has 0 amide bonds. The molecule has 0 saturated carbocycles. The Morgan fingerprint density at radius 3 is 2.67 bits per heavy atom. The Balaban J connectivity index is 2.35. The third-order valence-electron chi connectivity index (χ3n) is 3.46. The van der Waals surface area contributed by atoms with Gasteiger partial charge in [-0.1, -0.05) is 35.0 Å². The van der Waals surface area contributed by atoms with Gasteiger partial charge in [0.05, 0.1) is 18.8 Å². The molecule has 1 atom stereocenters. The fraction of sp³-hybridized carbons (Fsp3) is 0.294. The second kappa shape index (κ2) is 6.94. The maximum absolute atomic E-state index is 13.4. The van der Waals surface area contributed by atoms with Crippen molar-refractivity contribution in [2.24, 2.45) is 0 Å². The lowest BCUT2D eigenvalue weighted by molar-refractivity contribution is 0.415. The zero-order chi connectivity index (χ0) is 15.4. The van der Waals surface area contributed by atoms with E-state index in [-0.39, 0.29) is 11.9 Å². The molecule has 0 bridgehead atoms. The van der Waals surface area contributed by atoms with Gasteiger partial charge in [0, 0.05) is 4.47 Å². The highest BCUT2D eigenvalue weighted by molar-refractivity contribution is 9.10. The molecule has 2 aromatic carbocycles. The quantitative estimate of drug-likeness (QED) is 0.771. The lowest BCUT2D eigenvalue weighted by atomic mass is 10.0. The first-order valence-electron chi connectivity index (χ1n) is 6.91. The predicted molar refractivity (Wildman–Crippen MR) is 88.5 cm³/mol. The molecule has 0 radical (unpaired) electrons. The van der Waals surface area contributed by atoms with Gasteiger partial charge in [-0.3, -0.25) is 0 Å². The summed E-state index contributed by atoms with van der Waals surface area (Å²) in [6.07, 6.45) is 0.849. The Kier molecular flexibility index (Phi) is 5.23. The van der Waals surface area contributed by atoms with Crippen molar-refractivity contribution in [3.8, 4) is 5.75 Å². The maximum atomic E-state index is 13.4. The van der Waals surface area contributed by atoms with Gasteiger partial charge in [0.25, 0.3) is 0 Å². The zero-order valence-electron chi connectivity index (χ0n) is 12.4. The first kappa shape index (κ1) is 15.8. The van der Waals surface area contributed by atoms with E-state index in [1.165, 1.54) is 6.07 Å². The van der Waals surface area contributed by atoms with E-state index < -0.39 is 0 Å². The number of hydrogen-bond donors (Lipinski definition) is 1. The summed E-state index contributed by atoms with van der Waals surface area (Å²) in [5.74, 6) is 0.559. The van der Waals surface area contributed by atoms with E-state index in [1.54, 1.807) is 19.2 Å². The van der Waals surface area contributed by atoms with Gasteiger partial charge in [-0.25, -0.2) is 4.39 Å². The highest BCUT2D eigenvalue weighted by Gasteiger charge is 2.15. The van der Waals surface area contributed by atoms with Crippen LogP contribution in [-0.2, 0) is 0 Å². The van der Waals surface area contributed by atoms with Crippen molar-refractivity contribution in [3.63, 3.8) is 0 Å². The zero-order valence-corrected chi connectivity index (χ0v) is 14.0. The van der Waals surface area contributed by atoms with Crippen LogP contribution < -0.4 is 10.1 Å². The molecular weight excluding hydrogens is 333 g/mol. The second-order valence-corrected chi connectivity index (χ2v) is 5.88. The fourth-order valence-electron chi connectivity index (χ4n) is 2.38. The van der Waals surface area contributed by atoms with E-state index in [4.69, 9.17) is 4.74 Å². The van der Waals surface area contributed by atoms with Gasteiger partial charge < -0.3 is 10.1 Å². The maximum Gasteiger partial charge on any atom is 0.143 e. The Bertz CT molecular complexity index is 630. The minimum atomic E-state index is -0.216. The number of halogens is 2. The smallest absolute Gasteiger partial charge is 0.143 e. The molecule has 112 valence electrons. The van der Waals surface area contributed by atoms with Crippen molar-refractivity contribution < 1.29 is 9.13 Å². The third kappa shape index (κ3) is 3.76. The van der Waals surface area contributed by atoms with E-state index in [9.17, 15) is 4.39 Å². The summed E-state index contributed by atoms with van der Waals surface area (Å²) in [6.45, 7) is 4.09. The van der Waals surface area contributed by atoms with Crippen LogP contribution >= 0.6 is 15.9 Å². The van der Waals surface area contributed by atoms with Crippen molar-refractivity contribution in [1.29, 1.82) is 0 Å². The molecule has 4 heteroatoms. The largest absolute Gasteiger partial charge is 0.495 e. The van der Waals surface area contributed by atoms with Crippen LogP contribution in [0.15, 0.2) is 40.9 Å². The number of nitrogens with one attached hydrogen (secondary N) is 1. The number of anilines is 1. The lowest BCUT2D eigenvalue weighted by Gasteiger charge is -2.22. The molecule has 0 aliphatic carbocycles. The van der Waals surface area contributed by atoms with Crippen LogP contribution in [0.3, 0.4) is 0 Å². The molecule has 1 unspecified atom stereocenters. The molecule has 1 N–H and O–H groups in total. The number of rotatable bonds is 5. The number of benzene rings is 2. The van der Waals surface area contributed by atoms with E-state index in [0.29, 0.717) is 0 Å². The van der Waals surface area contributed by atoms with Crippen LogP contribution in [-0.4, -0.2) is 7.11 Å². The minimum absolute atomic E-state index is 0.0366. The van der Waals surface area contributed by atoms with Gasteiger partial charge in [-0.15, -0.1) is 0 Å². The third-order valence-corrected chi connectivity index (χ3v) is 3.92. The topological polar surface area (TPSA) is 21.3 Å². The molecule has 2 nitrogen and oxygen atoms in total. The van der Waals surface area contributed by atoms with E-state index >= 15 is 0 Å². The number of hydrogen-bond acceptors (Lipinski definition) is 2. The van der Waals surface area contributed by atoms with E-state index in [2.05, 4.69) is 28.2 Å². The normalized spacial score (nSPS) is 12.0. The lowest BCUT2D eigenvalue weighted by Crippen LogP contribution is -2.12. The number of aryl methyl sites for hydroxylation is 1. The summed E-state index contributed by atoms with van der Waals surface area (Å²) < 4.78 is 19.8. The molecule has 21 heavy (non-hydrogen) atoms. The average molecular weight is 352 g/mol. The summed E-state index contributed by atoms with van der Waals surface area (Å²) in [6, 6.07) is 10.7. The molecule has 2 aromatic rings. The first-order chi connectivity index (χ1) is 10.0. The Morgan fingerprint density at radius 2 is 2.05 bits per heavy atom. The van der Waals surface area contributed by atoms with Crippen molar-refractivity contribution >= 4 is 21.6 Å². The molecule has 0 aromatic heterocycles. The Labute approximate surface area is 133 Å². The summed E-state index contributed by atoms with van der Waals surface area (Å²) in [5.41, 5.74) is 2.95. The number of ether oxygens (including phenoxy) is 1. The van der Waals surface area contributed by atoms with Gasteiger partial charge >= 0.3 is 0 Å². The molecule has 0 fully saturated rings. The molecule has 0 aliphatic rings. The van der Waals surface area contributed by atoms with Crippen LogP contribution in [0.1, 0.15) is 30.5 Å². The molecule has 0 aliphatic heterocycles. The van der Waals surface area contributed by atoms with Crippen LogP contribution in [0.4, 0.5) is 10.1 Å². The standard InChI is InChI=1S/C17H19BrFNO/c1-4-15(12-6-5-7-14(19)9-12)20-17-11(2)8-13(18)10-16(17)21-3/h5-10,15,20H,4H2,1-3H3. The summed E-state index contributed by atoms with van der Waals surface area (Å²) in [5, 5.41) is 3.47. The monoisotopic (exact) mass is 351 g/mol. The average Bonchev–Trinajstić information content (AvgIpc) is 2.45. The van der Waals surface area contributed by atoms with Crippen molar-refractivity contribution in [2.75, 3.05) is 12.4 Å². The Morgan fingerprint density at radius 1 is 1.29 bits per heavy atom. The van der Waals surface area contributed by atoms with Crippen molar-refractivity contribution in [1.82, 2.24) is 0 Å². The fourth-order valence-corrected chi connectivity index (χ4v) is 2.93. The highest BCUT2D eigenvalue weighted by Crippen LogP contribution is 2.35. The van der Waals surface area contributed by atoms with Crippen LogP contribution in [0.2, 0.25) is 0 Å². The van der Waals surface area contributed by atoms with Crippen molar-refractivity contribution in [3.05, 3.63) is 57.8 Å².